The molecule has 0 radical (unpaired) electrons. The molecule has 0 aliphatic heterocycles. The number of nitrogen functional groups attached to an aromatic ring is 1. The van der Waals surface area contributed by atoms with Crippen LogP contribution in [0.3, 0.4) is 0 Å². The highest BCUT2D eigenvalue weighted by Crippen LogP contribution is 2.28. The molecule has 1 aromatic heterocycles. The van der Waals surface area contributed by atoms with Crippen LogP contribution in [0, 0.1) is 0 Å². The minimum absolute atomic E-state index is 0.375. The molecular weight excluding hydrogens is 226 g/mol. The summed E-state index contributed by atoms with van der Waals surface area (Å²) in [6.45, 7) is 0. The van der Waals surface area contributed by atoms with Crippen LogP contribution in [0.2, 0.25) is 0 Å². The lowest BCUT2D eigenvalue weighted by Gasteiger charge is -2.07. The maximum Gasteiger partial charge on any atom is 0.238 e. The van der Waals surface area contributed by atoms with Crippen molar-refractivity contribution in [2.75, 3.05) is 5.73 Å². The van der Waals surface area contributed by atoms with Crippen molar-refractivity contribution in [3.05, 3.63) is 54.9 Å². The van der Waals surface area contributed by atoms with E-state index in [1.54, 1.807) is 0 Å². The van der Waals surface area contributed by atoms with Crippen LogP contribution in [0.25, 0.3) is 10.8 Å². The van der Waals surface area contributed by atoms with Gasteiger partial charge in [0.15, 0.2) is 0 Å². The van der Waals surface area contributed by atoms with Gasteiger partial charge in [0.2, 0.25) is 5.88 Å². The molecule has 1 heterocycles. The smallest absolute Gasteiger partial charge is 0.238 e. The summed E-state index contributed by atoms with van der Waals surface area (Å²) >= 11 is 0. The van der Waals surface area contributed by atoms with Crippen molar-refractivity contribution >= 4 is 16.6 Å². The lowest BCUT2D eigenvalue weighted by Crippen LogP contribution is -1.94. The summed E-state index contributed by atoms with van der Waals surface area (Å²) < 4.78 is 5.72. The number of hydrogen-bond acceptors (Lipinski definition) is 4. The molecule has 0 saturated heterocycles. The second kappa shape index (κ2) is 4.33. The summed E-state index contributed by atoms with van der Waals surface area (Å²) in [6.07, 6.45) is 2.98. The molecule has 0 aliphatic rings. The van der Waals surface area contributed by atoms with Gasteiger partial charge in [-0.3, -0.25) is 0 Å². The fraction of sp³-hybridized carbons (Fsp3) is 0. The zero-order valence-electron chi connectivity index (χ0n) is 9.58. The summed E-state index contributed by atoms with van der Waals surface area (Å²) in [7, 11) is 0. The van der Waals surface area contributed by atoms with E-state index in [1.165, 1.54) is 12.4 Å². The molecule has 0 amide bonds. The third-order valence-corrected chi connectivity index (χ3v) is 2.61. The summed E-state index contributed by atoms with van der Waals surface area (Å²) in [5.41, 5.74) is 5.48. The number of hydrogen-bond donors (Lipinski definition) is 1. The quantitative estimate of drug-likeness (QED) is 0.744. The molecule has 3 aromatic rings. The fourth-order valence-corrected chi connectivity index (χ4v) is 1.78. The van der Waals surface area contributed by atoms with E-state index in [-0.39, 0.29) is 0 Å². The Balaban J connectivity index is 2.02. The van der Waals surface area contributed by atoms with E-state index in [0.29, 0.717) is 11.7 Å². The minimum atomic E-state index is 0.375. The van der Waals surface area contributed by atoms with Crippen molar-refractivity contribution in [1.29, 1.82) is 0 Å². The van der Waals surface area contributed by atoms with Gasteiger partial charge in [-0.05, 0) is 11.5 Å². The normalized spacial score (nSPS) is 10.4. The molecule has 4 heteroatoms. The zero-order valence-corrected chi connectivity index (χ0v) is 9.58. The van der Waals surface area contributed by atoms with Crippen LogP contribution in [-0.2, 0) is 0 Å². The number of rotatable bonds is 2. The third kappa shape index (κ3) is 1.96. The Kier molecular flexibility index (Phi) is 2.53. The SMILES string of the molecule is Nc1cnc(Oc2cccc3ccccc23)cn1. The number of nitrogens with zero attached hydrogens (tertiary/aromatic N) is 2. The monoisotopic (exact) mass is 237 g/mol. The highest BCUT2D eigenvalue weighted by atomic mass is 16.5. The number of anilines is 1. The summed E-state index contributed by atoms with van der Waals surface area (Å²) in [4.78, 5) is 8.02. The highest BCUT2D eigenvalue weighted by Gasteiger charge is 2.03. The van der Waals surface area contributed by atoms with Crippen molar-refractivity contribution in [3.8, 4) is 11.6 Å². The van der Waals surface area contributed by atoms with Gasteiger partial charge in [-0.15, -0.1) is 0 Å². The third-order valence-electron chi connectivity index (χ3n) is 2.61. The summed E-state index contributed by atoms with van der Waals surface area (Å²) in [6, 6.07) is 13.9. The van der Waals surface area contributed by atoms with Gasteiger partial charge in [-0.25, -0.2) is 9.97 Å². The molecular formula is C14H11N3O. The second-order valence-corrected chi connectivity index (χ2v) is 3.86. The first kappa shape index (κ1) is 10.5. The van der Waals surface area contributed by atoms with Gasteiger partial charge in [0.1, 0.15) is 11.6 Å². The number of benzene rings is 2. The number of aromatic nitrogens is 2. The van der Waals surface area contributed by atoms with Crippen molar-refractivity contribution < 1.29 is 4.74 Å². The van der Waals surface area contributed by atoms with Gasteiger partial charge >= 0.3 is 0 Å². The van der Waals surface area contributed by atoms with E-state index in [2.05, 4.69) is 9.97 Å². The van der Waals surface area contributed by atoms with Crippen molar-refractivity contribution in [2.45, 2.75) is 0 Å². The largest absolute Gasteiger partial charge is 0.437 e. The number of fused-ring (bicyclic) bond motifs is 1. The Bertz CT molecular complexity index is 675. The Morgan fingerprint density at radius 2 is 1.72 bits per heavy atom. The van der Waals surface area contributed by atoms with Crippen LogP contribution in [0.1, 0.15) is 0 Å². The van der Waals surface area contributed by atoms with Crippen LogP contribution < -0.4 is 10.5 Å². The van der Waals surface area contributed by atoms with Crippen LogP contribution in [0.5, 0.6) is 11.6 Å². The maximum atomic E-state index is 5.72. The average molecular weight is 237 g/mol. The molecule has 0 bridgehead atoms. The van der Waals surface area contributed by atoms with Crippen LogP contribution in [0.15, 0.2) is 54.9 Å². The first-order valence-corrected chi connectivity index (χ1v) is 5.56. The Hall–Kier alpha value is -2.62. The summed E-state index contributed by atoms with van der Waals surface area (Å²) in [5.74, 6) is 1.56. The Morgan fingerprint density at radius 1 is 0.889 bits per heavy atom. The predicted octanol–water partition coefficient (Wildman–Crippen LogP) is 3.00. The average Bonchev–Trinajstić information content (AvgIpc) is 2.42. The van der Waals surface area contributed by atoms with E-state index in [9.17, 15) is 0 Å². The molecule has 0 atom stereocenters. The standard InChI is InChI=1S/C14H11N3O/c15-13-8-17-14(9-16-13)18-12-7-3-5-10-4-1-2-6-11(10)12/h1-9H,(H2,15,16). The van der Waals surface area contributed by atoms with Crippen LogP contribution >= 0.6 is 0 Å². The molecule has 88 valence electrons. The summed E-state index contributed by atoms with van der Waals surface area (Å²) in [5, 5.41) is 2.16. The van der Waals surface area contributed by atoms with Gasteiger partial charge in [-0.1, -0.05) is 36.4 Å². The lowest BCUT2D eigenvalue weighted by atomic mass is 10.1. The van der Waals surface area contributed by atoms with E-state index >= 15 is 0 Å². The van der Waals surface area contributed by atoms with Gasteiger partial charge in [0, 0.05) is 5.39 Å². The van der Waals surface area contributed by atoms with E-state index in [1.807, 2.05) is 42.5 Å². The highest BCUT2D eigenvalue weighted by molar-refractivity contribution is 5.88. The number of ether oxygens (including phenoxy) is 1. The van der Waals surface area contributed by atoms with Crippen LogP contribution in [0.4, 0.5) is 5.82 Å². The van der Waals surface area contributed by atoms with Gasteiger partial charge in [0.05, 0.1) is 12.4 Å². The molecule has 0 spiro atoms. The van der Waals surface area contributed by atoms with Crippen LogP contribution in [-0.4, -0.2) is 9.97 Å². The molecule has 18 heavy (non-hydrogen) atoms. The maximum absolute atomic E-state index is 5.72. The zero-order chi connectivity index (χ0) is 12.4. The van der Waals surface area contributed by atoms with Gasteiger partial charge in [0.25, 0.3) is 0 Å². The topological polar surface area (TPSA) is 61.0 Å². The lowest BCUT2D eigenvalue weighted by molar-refractivity contribution is 0.465. The molecule has 3 rings (SSSR count). The molecule has 0 unspecified atom stereocenters. The molecule has 0 aliphatic carbocycles. The predicted molar refractivity (Wildman–Crippen MR) is 70.5 cm³/mol. The van der Waals surface area contributed by atoms with E-state index in [4.69, 9.17) is 10.5 Å². The van der Waals surface area contributed by atoms with E-state index < -0.39 is 0 Å². The number of nitrogens with two attached hydrogens (primary N) is 1. The molecule has 0 saturated carbocycles. The first-order chi connectivity index (χ1) is 8.83. The molecule has 2 aromatic carbocycles. The van der Waals surface area contributed by atoms with E-state index in [0.717, 1.165) is 16.5 Å². The molecule has 0 fully saturated rings. The molecule has 2 N–H and O–H groups in total. The Morgan fingerprint density at radius 3 is 2.56 bits per heavy atom. The van der Waals surface area contributed by atoms with Crippen molar-refractivity contribution in [3.63, 3.8) is 0 Å². The van der Waals surface area contributed by atoms with Crippen molar-refractivity contribution in [2.24, 2.45) is 0 Å². The minimum Gasteiger partial charge on any atom is -0.437 e. The van der Waals surface area contributed by atoms with Gasteiger partial charge in [-0.2, -0.15) is 0 Å². The fourth-order valence-electron chi connectivity index (χ4n) is 1.78. The first-order valence-electron chi connectivity index (χ1n) is 5.56. The molecule has 4 nitrogen and oxygen atoms in total. The second-order valence-electron chi connectivity index (χ2n) is 3.86. The van der Waals surface area contributed by atoms with Gasteiger partial charge < -0.3 is 10.5 Å². The van der Waals surface area contributed by atoms with Crippen molar-refractivity contribution in [1.82, 2.24) is 9.97 Å². The Labute approximate surface area is 104 Å².